The van der Waals surface area contributed by atoms with Crippen LogP contribution in [0.1, 0.15) is 6.92 Å². The summed E-state index contributed by atoms with van der Waals surface area (Å²) in [6, 6.07) is 4.70. The molecule has 2 rings (SSSR count). The molecule has 0 bridgehead atoms. The molecule has 2 amide bonds. The van der Waals surface area contributed by atoms with Crippen molar-refractivity contribution in [3.8, 4) is 5.75 Å². The molecule has 1 fully saturated rings. The van der Waals surface area contributed by atoms with Gasteiger partial charge in [-0.3, -0.25) is 9.59 Å². The van der Waals surface area contributed by atoms with Crippen LogP contribution in [0.5, 0.6) is 5.75 Å². The Labute approximate surface area is 122 Å². The number of ether oxygens (including phenoxy) is 2. The van der Waals surface area contributed by atoms with Crippen LogP contribution in [0.15, 0.2) is 18.2 Å². The van der Waals surface area contributed by atoms with Crippen LogP contribution in [0.2, 0.25) is 0 Å². The number of benzene rings is 1. The van der Waals surface area contributed by atoms with Gasteiger partial charge in [-0.2, -0.15) is 0 Å². The number of anilines is 2. The first-order chi connectivity index (χ1) is 10.0. The molecule has 2 atom stereocenters. The number of hydrogen-bond acceptors (Lipinski definition) is 5. The molecule has 0 saturated carbocycles. The van der Waals surface area contributed by atoms with Crippen molar-refractivity contribution in [1.82, 2.24) is 0 Å². The molecule has 0 aliphatic carbocycles. The molecule has 7 heteroatoms. The lowest BCUT2D eigenvalue weighted by Crippen LogP contribution is -2.37. The van der Waals surface area contributed by atoms with Crippen molar-refractivity contribution in [2.75, 3.05) is 31.0 Å². The molecule has 0 spiro atoms. The molecule has 1 aromatic rings. The molecule has 1 heterocycles. The summed E-state index contributed by atoms with van der Waals surface area (Å²) >= 11 is 0. The molecule has 7 nitrogen and oxygen atoms in total. The quantitative estimate of drug-likeness (QED) is 0.753. The fourth-order valence-electron chi connectivity index (χ4n) is 2.15. The summed E-state index contributed by atoms with van der Waals surface area (Å²) in [4.78, 5) is 23.3. The van der Waals surface area contributed by atoms with E-state index in [2.05, 4.69) is 10.6 Å². The Bertz CT molecular complexity index is 547. The van der Waals surface area contributed by atoms with E-state index < -0.39 is 0 Å². The van der Waals surface area contributed by atoms with Crippen LogP contribution in [0.4, 0.5) is 11.4 Å². The number of carbonyl (C=O) groups excluding carboxylic acids is 2. The van der Waals surface area contributed by atoms with E-state index in [1.165, 1.54) is 14.0 Å². The minimum atomic E-state index is -0.390. The lowest BCUT2D eigenvalue weighted by atomic mass is 10.0. The van der Waals surface area contributed by atoms with Gasteiger partial charge in [0.25, 0.3) is 0 Å². The van der Waals surface area contributed by atoms with E-state index in [4.69, 9.17) is 15.2 Å². The van der Waals surface area contributed by atoms with Gasteiger partial charge in [0, 0.05) is 18.7 Å². The van der Waals surface area contributed by atoms with Gasteiger partial charge in [-0.25, -0.2) is 0 Å². The van der Waals surface area contributed by atoms with E-state index in [0.717, 1.165) is 0 Å². The Morgan fingerprint density at radius 2 is 2.10 bits per heavy atom. The second-order valence-corrected chi connectivity index (χ2v) is 4.89. The van der Waals surface area contributed by atoms with E-state index in [1.54, 1.807) is 18.2 Å². The van der Waals surface area contributed by atoms with E-state index in [1.807, 2.05) is 0 Å². The second-order valence-electron chi connectivity index (χ2n) is 4.89. The number of nitrogens with two attached hydrogens (primary N) is 1. The third-order valence-corrected chi connectivity index (χ3v) is 3.24. The van der Waals surface area contributed by atoms with Crippen molar-refractivity contribution >= 4 is 23.2 Å². The van der Waals surface area contributed by atoms with Gasteiger partial charge in [0.15, 0.2) is 0 Å². The van der Waals surface area contributed by atoms with Crippen LogP contribution in [0.25, 0.3) is 0 Å². The molecule has 1 aliphatic heterocycles. The fraction of sp³-hybridized carbons (Fsp3) is 0.429. The lowest BCUT2D eigenvalue weighted by molar-refractivity contribution is -0.120. The summed E-state index contributed by atoms with van der Waals surface area (Å²) in [5.41, 5.74) is 6.88. The highest BCUT2D eigenvalue weighted by Gasteiger charge is 2.31. The summed E-state index contributed by atoms with van der Waals surface area (Å²) < 4.78 is 10.4. The summed E-state index contributed by atoms with van der Waals surface area (Å²) in [7, 11) is 1.51. The first-order valence-electron chi connectivity index (χ1n) is 6.61. The molecule has 1 saturated heterocycles. The zero-order chi connectivity index (χ0) is 15.4. The average Bonchev–Trinajstić information content (AvgIpc) is 2.84. The standard InChI is InChI=1S/C14H19N3O4/c1-8(18)16-9-3-4-13(20-2)12(5-9)17-14(19)10-6-21-7-11(10)15/h3-5,10-11H,6-7,15H2,1-2H3,(H,16,18)(H,17,19). The summed E-state index contributed by atoms with van der Waals surface area (Å²) in [6.07, 6.45) is 0. The molecule has 21 heavy (non-hydrogen) atoms. The predicted molar refractivity (Wildman–Crippen MR) is 78.2 cm³/mol. The van der Waals surface area contributed by atoms with Crippen molar-refractivity contribution in [3.63, 3.8) is 0 Å². The molecule has 2 unspecified atom stereocenters. The van der Waals surface area contributed by atoms with Gasteiger partial charge in [-0.1, -0.05) is 0 Å². The maximum Gasteiger partial charge on any atom is 0.231 e. The number of amides is 2. The molecule has 1 aliphatic rings. The van der Waals surface area contributed by atoms with Crippen LogP contribution >= 0.6 is 0 Å². The highest BCUT2D eigenvalue weighted by molar-refractivity contribution is 5.96. The molecule has 0 radical (unpaired) electrons. The van der Waals surface area contributed by atoms with E-state index >= 15 is 0 Å². The van der Waals surface area contributed by atoms with Gasteiger partial charge in [0.05, 0.1) is 31.9 Å². The van der Waals surface area contributed by atoms with Gasteiger partial charge in [0.1, 0.15) is 5.75 Å². The normalized spacial score (nSPS) is 20.9. The van der Waals surface area contributed by atoms with Crippen LogP contribution in [-0.2, 0) is 14.3 Å². The molecule has 114 valence electrons. The first kappa shape index (κ1) is 15.3. The van der Waals surface area contributed by atoms with Crippen molar-refractivity contribution in [2.45, 2.75) is 13.0 Å². The van der Waals surface area contributed by atoms with Gasteiger partial charge in [0.2, 0.25) is 11.8 Å². The van der Waals surface area contributed by atoms with Crippen LogP contribution < -0.4 is 21.1 Å². The SMILES string of the molecule is COc1ccc(NC(C)=O)cc1NC(=O)C1COCC1N. The van der Waals surface area contributed by atoms with E-state index in [-0.39, 0.29) is 23.8 Å². The maximum atomic E-state index is 12.2. The predicted octanol–water partition coefficient (Wildman–Crippen LogP) is 0.566. The van der Waals surface area contributed by atoms with Crippen LogP contribution in [-0.4, -0.2) is 38.2 Å². The first-order valence-corrected chi connectivity index (χ1v) is 6.61. The second kappa shape index (κ2) is 6.55. The van der Waals surface area contributed by atoms with Crippen molar-refractivity contribution in [1.29, 1.82) is 0 Å². The smallest absolute Gasteiger partial charge is 0.231 e. The van der Waals surface area contributed by atoms with Crippen molar-refractivity contribution < 1.29 is 19.1 Å². The highest BCUT2D eigenvalue weighted by atomic mass is 16.5. The molecule has 0 aromatic heterocycles. The van der Waals surface area contributed by atoms with Crippen LogP contribution in [0, 0.1) is 5.92 Å². The topological polar surface area (TPSA) is 103 Å². The zero-order valence-electron chi connectivity index (χ0n) is 12.0. The molecular formula is C14H19N3O4. The Morgan fingerprint density at radius 1 is 1.33 bits per heavy atom. The third-order valence-electron chi connectivity index (χ3n) is 3.24. The monoisotopic (exact) mass is 293 g/mol. The maximum absolute atomic E-state index is 12.2. The van der Waals surface area contributed by atoms with Crippen molar-refractivity contribution in [3.05, 3.63) is 18.2 Å². The molecule has 4 N–H and O–H groups in total. The van der Waals surface area contributed by atoms with Crippen LogP contribution in [0.3, 0.4) is 0 Å². The largest absolute Gasteiger partial charge is 0.495 e. The van der Waals surface area contributed by atoms with Gasteiger partial charge in [-0.15, -0.1) is 0 Å². The van der Waals surface area contributed by atoms with Gasteiger partial charge >= 0.3 is 0 Å². The fourth-order valence-corrected chi connectivity index (χ4v) is 2.15. The summed E-state index contributed by atoms with van der Waals surface area (Å²) in [6.45, 7) is 2.10. The Kier molecular flexibility index (Phi) is 4.77. The molecule has 1 aromatic carbocycles. The average molecular weight is 293 g/mol. The Balaban J connectivity index is 2.16. The van der Waals surface area contributed by atoms with Gasteiger partial charge in [-0.05, 0) is 18.2 Å². The number of methoxy groups -OCH3 is 1. The highest BCUT2D eigenvalue weighted by Crippen LogP contribution is 2.28. The third kappa shape index (κ3) is 3.71. The minimum Gasteiger partial charge on any atom is -0.495 e. The summed E-state index contributed by atoms with van der Waals surface area (Å²) in [5, 5.41) is 5.43. The Hall–Kier alpha value is -2.12. The summed E-state index contributed by atoms with van der Waals surface area (Å²) in [5.74, 6) is -0.300. The van der Waals surface area contributed by atoms with E-state index in [9.17, 15) is 9.59 Å². The van der Waals surface area contributed by atoms with E-state index in [0.29, 0.717) is 30.3 Å². The minimum absolute atomic E-state index is 0.191. The number of carbonyl (C=O) groups is 2. The lowest BCUT2D eigenvalue weighted by Gasteiger charge is -2.16. The van der Waals surface area contributed by atoms with Gasteiger partial charge < -0.3 is 25.8 Å². The number of nitrogens with one attached hydrogen (secondary N) is 2. The molecular weight excluding hydrogens is 274 g/mol. The number of hydrogen-bond donors (Lipinski definition) is 3. The Morgan fingerprint density at radius 3 is 2.67 bits per heavy atom. The van der Waals surface area contributed by atoms with Crippen molar-refractivity contribution in [2.24, 2.45) is 11.7 Å². The number of rotatable bonds is 4. The zero-order valence-corrected chi connectivity index (χ0v) is 12.0.